The molecule has 150 valence electrons. The highest BCUT2D eigenvalue weighted by atomic mass is 127. The van der Waals surface area contributed by atoms with Gasteiger partial charge in [0.2, 0.25) is 5.91 Å². The third kappa shape index (κ3) is 4.88. The molecule has 1 amide bonds. The third-order valence-electron chi connectivity index (χ3n) is 4.56. The van der Waals surface area contributed by atoms with Crippen molar-refractivity contribution in [3.8, 4) is 11.5 Å². The molecule has 3 heterocycles. The van der Waals surface area contributed by atoms with Gasteiger partial charge in [-0.1, -0.05) is 0 Å². The lowest BCUT2D eigenvalue weighted by molar-refractivity contribution is -0.130. The summed E-state index contributed by atoms with van der Waals surface area (Å²) in [6, 6.07) is 7.60. The van der Waals surface area contributed by atoms with Crippen molar-refractivity contribution in [2.24, 2.45) is 10.7 Å². The molecule has 9 heteroatoms. The van der Waals surface area contributed by atoms with Crippen molar-refractivity contribution in [2.75, 3.05) is 31.6 Å². The summed E-state index contributed by atoms with van der Waals surface area (Å²) in [7, 11) is 0. The minimum Gasteiger partial charge on any atom is -0.490 e. The van der Waals surface area contributed by atoms with Gasteiger partial charge in [0.1, 0.15) is 6.54 Å². The second kappa shape index (κ2) is 9.46. The Morgan fingerprint density at radius 1 is 1.25 bits per heavy atom. The number of benzene rings is 1. The van der Waals surface area contributed by atoms with Crippen molar-refractivity contribution >= 4 is 52.9 Å². The summed E-state index contributed by atoms with van der Waals surface area (Å²) in [6.45, 7) is 2.69. The Morgan fingerprint density at radius 3 is 2.93 bits per heavy atom. The maximum Gasteiger partial charge on any atom is 0.244 e. The fourth-order valence-corrected chi connectivity index (χ4v) is 4.03. The van der Waals surface area contributed by atoms with Crippen LogP contribution in [0.4, 0.5) is 5.69 Å². The Morgan fingerprint density at radius 2 is 2.07 bits per heavy atom. The summed E-state index contributed by atoms with van der Waals surface area (Å²) in [5.74, 6) is 1.59. The average molecular weight is 514 g/mol. The van der Waals surface area contributed by atoms with Gasteiger partial charge in [0, 0.05) is 36.1 Å². The molecule has 2 aromatic rings. The lowest BCUT2D eigenvalue weighted by atomic mass is 10.1. The Balaban J connectivity index is 0.00000225. The van der Waals surface area contributed by atoms with E-state index in [4.69, 9.17) is 15.2 Å². The average Bonchev–Trinajstić information content (AvgIpc) is 3.02. The molecule has 0 spiro atoms. The molecule has 0 aliphatic carbocycles. The molecule has 0 saturated heterocycles. The molecule has 3 N–H and O–H groups in total. The number of amides is 1. The van der Waals surface area contributed by atoms with Gasteiger partial charge >= 0.3 is 0 Å². The molecule has 0 bridgehead atoms. The second-order valence-corrected chi connectivity index (χ2v) is 7.47. The van der Waals surface area contributed by atoms with Crippen molar-refractivity contribution < 1.29 is 14.3 Å². The van der Waals surface area contributed by atoms with Crippen LogP contribution in [0.2, 0.25) is 0 Å². The Kier molecular flexibility index (Phi) is 7.00. The molecular weight excluding hydrogens is 491 g/mol. The van der Waals surface area contributed by atoms with E-state index < -0.39 is 0 Å². The van der Waals surface area contributed by atoms with E-state index in [0.29, 0.717) is 25.5 Å². The summed E-state index contributed by atoms with van der Waals surface area (Å²) in [5, 5.41) is 5.08. The molecule has 28 heavy (non-hydrogen) atoms. The summed E-state index contributed by atoms with van der Waals surface area (Å²) >= 11 is 1.75. The summed E-state index contributed by atoms with van der Waals surface area (Å²) < 4.78 is 11.3. The molecule has 2 aliphatic rings. The van der Waals surface area contributed by atoms with E-state index in [1.807, 2.05) is 23.1 Å². The van der Waals surface area contributed by atoms with Crippen LogP contribution in [0, 0.1) is 0 Å². The van der Waals surface area contributed by atoms with E-state index in [9.17, 15) is 4.79 Å². The van der Waals surface area contributed by atoms with Gasteiger partial charge in [-0.05, 0) is 35.6 Å². The van der Waals surface area contributed by atoms with E-state index in [-0.39, 0.29) is 42.4 Å². The van der Waals surface area contributed by atoms with Crippen LogP contribution in [0.5, 0.6) is 11.5 Å². The molecule has 0 saturated carbocycles. The Labute approximate surface area is 184 Å². The van der Waals surface area contributed by atoms with E-state index >= 15 is 0 Å². The zero-order valence-electron chi connectivity index (χ0n) is 15.3. The van der Waals surface area contributed by atoms with Crippen LogP contribution < -0.4 is 20.5 Å². The highest BCUT2D eigenvalue weighted by Gasteiger charge is 2.21. The predicted octanol–water partition coefficient (Wildman–Crippen LogP) is 2.84. The topological polar surface area (TPSA) is 89.2 Å². The molecule has 0 fully saturated rings. The standard InChI is InChI=1S/C19H22N4O3S.HI/c20-19(22-14-2-3-15-16(10-14)26-8-1-7-25-15)21-11-18(24)23-6-4-17-13(12-23)5-9-27-17;/h2-3,5,9-10H,1,4,6-8,11-12H2,(H3,20,21,22);1H. The summed E-state index contributed by atoms with van der Waals surface area (Å²) in [4.78, 5) is 19.8. The van der Waals surface area contributed by atoms with Gasteiger partial charge in [0.25, 0.3) is 0 Å². The van der Waals surface area contributed by atoms with Gasteiger partial charge in [-0.15, -0.1) is 35.3 Å². The number of hydrogen-bond donors (Lipinski definition) is 2. The first kappa shape index (κ1) is 20.7. The smallest absolute Gasteiger partial charge is 0.244 e. The van der Waals surface area contributed by atoms with Gasteiger partial charge in [-0.25, -0.2) is 4.99 Å². The molecule has 0 radical (unpaired) electrons. The second-order valence-electron chi connectivity index (χ2n) is 6.47. The van der Waals surface area contributed by atoms with Crippen LogP contribution in [-0.4, -0.2) is 43.1 Å². The molecule has 0 atom stereocenters. The first-order valence-corrected chi connectivity index (χ1v) is 9.86. The number of anilines is 1. The molecule has 4 rings (SSSR count). The van der Waals surface area contributed by atoms with Crippen molar-refractivity contribution in [3.63, 3.8) is 0 Å². The largest absolute Gasteiger partial charge is 0.490 e. The number of thiophene rings is 1. The van der Waals surface area contributed by atoms with Crippen LogP contribution in [0.1, 0.15) is 16.9 Å². The van der Waals surface area contributed by atoms with Gasteiger partial charge in [0.05, 0.1) is 13.2 Å². The number of nitrogens with one attached hydrogen (secondary N) is 1. The lowest BCUT2D eigenvalue weighted by Crippen LogP contribution is -2.37. The van der Waals surface area contributed by atoms with Crippen molar-refractivity contribution in [1.29, 1.82) is 0 Å². The maximum atomic E-state index is 12.4. The van der Waals surface area contributed by atoms with Crippen LogP contribution >= 0.6 is 35.3 Å². The fraction of sp³-hybridized carbons (Fsp3) is 0.368. The van der Waals surface area contributed by atoms with Crippen molar-refractivity contribution in [2.45, 2.75) is 19.4 Å². The number of ether oxygens (including phenoxy) is 2. The van der Waals surface area contributed by atoms with Gasteiger partial charge < -0.3 is 25.4 Å². The van der Waals surface area contributed by atoms with Crippen molar-refractivity contribution in [3.05, 3.63) is 40.1 Å². The number of nitrogens with two attached hydrogens (primary N) is 1. The minimum absolute atomic E-state index is 0. The van der Waals surface area contributed by atoms with E-state index in [1.54, 1.807) is 11.3 Å². The molecule has 0 unspecified atom stereocenters. The fourth-order valence-electron chi connectivity index (χ4n) is 3.14. The molecule has 1 aromatic heterocycles. The predicted molar refractivity (Wildman–Crippen MR) is 121 cm³/mol. The van der Waals surface area contributed by atoms with E-state index in [2.05, 4.69) is 21.8 Å². The number of rotatable bonds is 3. The van der Waals surface area contributed by atoms with Gasteiger partial charge in [-0.3, -0.25) is 4.79 Å². The number of carbonyl (C=O) groups is 1. The monoisotopic (exact) mass is 514 g/mol. The Bertz CT molecular complexity index is 871. The Hall–Kier alpha value is -2.01. The lowest BCUT2D eigenvalue weighted by Gasteiger charge is -2.26. The highest BCUT2D eigenvalue weighted by Crippen LogP contribution is 2.32. The normalized spacial score (nSPS) is 15.9. The number of nitrogens with zero attached hydrogens (tertiary/aromatic N) is 2. The number of halogens is 1. The van der Waals surface area contributed by atoms with E-state index in [0.717, 1.165) is 30.8 Å². The molecule has 7 nitrogen and oxygen atoms in total. The molecule has 2 aliphatic heterocycles. The van der Waals surface area contributed by atoms with Crippen molar-refractivity contribution in [1.82, 2.24) is 4.90 Å². The third-order valence-corrected chi connectivity index (χ3v) is 5.59. The number of guanidine groups is 1. The molecule has 1 aromatic carbocycles. The van der Waals surface area contributed by atoms with E-state index in [1.165, 1.54) is 10.4 Å². The number of hydrogen-bond acceptors (Lipinski definition) is 5. The summed E-state index contributed by atoms with van der Waals surface area (Å²) in [6.07, 6.45) is 1.76. The quantitative estimate of drug-likeness (QED) is 0.374. The highest BCUT2D eigenvalue weighted by molar-refractivity contribution is 14.0. The van der Waals surface area contributed by atoms with Crippen LogP contribution in [-0.2, 0) is 17.8 Å². The number of carbonyl (C=O) groups excluding carboxylic acids is 1. The number of fused-ring (bicyclic) bond motifs is 2. The first-order chi connectivity index (χ1) is 13.2. The summed E-state index contributed by atoms with van der Waals surface area (Å²) in [5.41, 5.74) is 7.93. The first-order valence-electron chi connectivity index (χ1n) is 8.98. The zero-order chi connectivity index (χ0) is 18.6. The van der Waals surface area contributed by atoms with Crippen LogP contribution in [0.3, 0.4) is 0 Å². The van der Waals surface area contributed by atoms with Gasteiger partial charge in [0.15, 0.2) is 17.5 Å². The van der Waals surface area contributed by atoms with Crippen LogP contribution in [0.15, 0.2) is 34.6 Å². The zero-order valence-corrected chi connectivity index (χ0v) is 18.5. The maximum absolute atomic E-state index is 12.4. The molecular formula is C19H23IN4O3S. The van der Waals surface area contributed by atoms with Gasteiger partial charge in [-0.2, -0.15) is 0 Å². The number of aliphatic imine (C=N–C) groups is 1. The van der Waals surface area contributed by atoms with Crippen LogP contribution in [0.25, 0.3) is 0 Å². The minimum atomic E-state index is -0.0183. The SMILES string of the molecule is I.NC(=NCC(=O)N1CCc2sccc2C1)Nc1ccc2c(c1)OCCCO2.